The molecule has 0 aliphatic heterocycles. The lowest BCUT2D eigenvalue weighted by atomic mass is 10.2. The van der Waals surface area contributed by atoms with Gasteiger partial charge in [0.15, 0.2) is 17.3 Å². The second-order valence-corrected chi connectivity index (χ2v) is 5.60. The van der Waals surface area contributed by atoms with E-state index in [1.165, 1.54) is 30.1 Å². The molecule has 7 nitrogen and oxygen atoms in total. The average molecular weight is 392 g/mol. The molecule has 3 rings (SSSR count). The number of phenolic OH excluding ortho intramolecular Hbond substituents is 1. The van der Waals surface area contributed by atoms with Crippen molar-refractivity contribution < 1.29 is 23.4 Å². The molecule has 0 fully saturated rings. The molecule has 1 aromatic heterocycles. The summed E-state index contributed by atoms with van der Waals surface area (Å²) >= 11 is 5.17. The van der Waals surface area contributed by atoms with Crippen molar-refractivity contribution in [2.45, 2.75) is 6.61 Å². The monoisotopic (exact) mass is 392 g/mol. The van der Waals surface area contributed by atoms with Crippen LogP contribution in [-0.2, 0) is 0 Å². The van der Waals surface area contributed by atoms with Crippen LogP contribution < -0.4 is 9.47 Å². The first-order valence-electron chi connectivity index (χ1n) is 7.62. The van der Waals surface area contributed by atoms with Crippen molar-refractivity contribution in [3.05, 3.63) is 52.8 Å². The van der Waals surface area contributed by atoms with Crippen LogP contribution in [0.4, 0.5) is 8.78 Å². The zero-order valence-electron chi connectivity index (χ0n) is 14.0. The summed E-state index contributed by atoms with van der Waals surface area (Å²) < 4.78 is 35.4. The maximum atomic E-state index is 12.3. The van der Waals surface area contributed by atoms with E-state index in [1.54, 1.807) is 30.3 Å². The van der Waals surface area contributed by atoms with Gasteiger partial charge in [0.25, 0.3) is 0 Å². The van der Waals surface area contributed by atoms with Crippen molar-refractivity contribution in [1.82, 2.24) is 14.9 Å². The molecule has 10 heteroatoms. The Balaban J connectivity index is 1.93. The number of aromatic nitrogens is 3. The van der Waals surface area contributed by atoms with E-state index in [2.05, 4.69) is 20.0 Å². The number of rotatable bonds is 6. The fraction of sp³-hybridized carbons (Fsp3) is 0.118. The van der Waals surface area contributed by atoms with E-state index in [-0.39, 0.29) is 16.3 Å². The fourth-order valence-electron chi connectivity index (χ4n) is 2.30. The van der Waals surface area contributed by atoms with Gasteiger partial charge in [-0.2, -0.15) is 23.7 Å². The fourth-order valence-corrected chi connectivity index (χ4v) is 2.48. The first-order valence-corrected chi connectivity index (χ1v) is 8.03. The van der Waals surface area contributed by atoms with Crippen LogP contribution in [0.2, 0.25) is 0 Å². The smallest absolute Gasteiger partial charge is 0.387 e. The second-order valence-electron chi connectivity index (χ2n) is 5.21. The zero-order valence-corrected chi connectivity index (χ0v) is 14.8. The normalized spacial score (nSPS) is 11.3. The summed E-state index contributed by atoms with van der Waals surface area (Å²) in [7, 11) is 1.45. The third-order valence-corrected chi connectivity index (χ3v) is 3.81. The maximum Gasteiger partial charge on any atom is 0.387 e. The van der Waals surface area contributed by atoms with E-state index in [0.29, 0.717) is 22.7 Å². The standard InChI is InChI=1S/C17H14F2N4O3S/c1-25-13-4-2-3-11(14(13)24)9-20-23-15(21-22-17(23)27)10-5-7-12(8-6-10)26-16(18)19/h2-9,16,24H,1H3,(H,22,27)/b20-9+. The Morgan fingerprint density at radius 1 is 1.26 bits per heavy atom. The third-order valence-electron chi connectivity index (χ3n) is 3.55. The number of nitrogens with zero attached hydrogens (tertiary/aromatic N) is 3. The number of halogens is 2. The quantitative estimate of drug-likeness (QED) is 0.492. The number of methoxy groups -OCH3 is 1. The van der Waals surface area contributed by atoms with Crippen molar-refractivity contribution in [1.29, 1.82) is 0 Å². The molecule has 2 aromatic carbocycles. The van der Waals surface area contributed by atoms with Crippen molar-refractivity contribution >= 4 is 18.4 Å². The highest BCUT2D eigenvalue weighted by molar-refractivity contribution is 7.71. The van der Waals surface area contributed by atoms with Crippen LogP contribution >= 0.6 is 12.2 Å². The first-order chi connectivity index (χ1) is 13.0. The van der Waals surface area contributed by atoms with Crippen molar-refractivity contribution in [3.63, 3.8) is 0 Å². The van der Waals surface area contributed by atoms with Crippen LogP contribution in [0.15, 0.2) is 47.6 Å². The van der Waals surface area contributed by atoms with Gasteiger partial charge in [-0.15, -0.1) is 0 Å². The Kier molecular flexibility index (Phi) is 5.46. The lowest BCUT2D eigenvalue weighted by molar-refractivity contribution is -0.0498. The van der Waals surface area contributed by atoms with Crippen LogP contribution in [0.25, 0.3) is 11.4 Å². The van der Waals surface area contributed by atoms with Crippen molar-refractivity contribution in [2.24, 2.45) is 5.10 Å². The van der Waals surface area contributed by atoms with Gasteiger partial charge >= 0.3 is 6.61 Å². The minimum absolute atomic E-state index is 0.0271. The Morgan fingerprint density at radius 2 is 2.00 bits per heavy atom. The topological polar surface area (TPSA) is 84.7 Å². The number of ether oxygens (including phenoxy) is 2. The van der Waals surface area contributed by atoms with E-state index in [0.717, 1.165) is 0 Å². The van der Waals surface area contributed by atoms with Gasteiger partial charge in [-0.05, 0) is 48.6 Å². The lowest BCUT2D eigenvalue weighted by Crippen LogP contribution is -2.01. The van der Waals surface area contributed by atoms with E-state index in [9.17, 15) is 13.9 Å². The zero-order chi connectivity index (χ0) is 19.4. The molecule has 3 aromatic rings. The molecule has 0 amide bonds. The Morgan fingerprint density at radius 3 is 2.67 bits per heavy atom. The summed E-state index contributed by atoms with van der Waals surface area (Å²) in [5, 5.41) is 21.1. The number of H-pyrrole nitrogens is 1. The van der Waals surface area contributed by atoms with Gasteiger partial charge in [-0.1, -0.05) is 6.07 Å². The molecule has 0 aliphatic carbocycles. The molecule has 0 aliphatic rings. The number of benzene rings is 2. The molecule has 140 valence electrons. The third kappa shape index (κ3) is 4.11. The molecule has 0 radical (unpaired) electrons. The number of aromatic hydroxyl groups is 1. The first kappa shape index (κ1) is 18.5. The molecular formula is C17H14F2N4O3S. The minimum atomic E-state index is -2.90. The lowest BCUT2D eigenvalue weighted by Gasteiger charge is -2.06. The molecule has 27 heavy (non-hydrogen) atoms. The van der Waals surface area contributed by atoms with Crippen LogP contribution in [0.5, 0.6) is 17.2 Å². The second kappa shape index (κ2) is 7.96. The van der Waals surface area contributed by atoms with Crippen molar-refractivity contribution in [3.8, 4) is 28.6 Å². The highest BCUT2D eigenvalue weighted by atomic mass is 32.1. The Hall–Kier alpha value is -3.27. The molecule has 0 saturated heterocycles. The number of phenols is 1. The van der Waals surface area contributed by atoms with Gasteiger partial charge in [0.05, 0.1) is 13.3 Å². The van der Waals surface area contributed by atoms with E-state index < -0.39 is 6.61 Å². The van der Waals surface area contributed by atoms with Gasteiger partial charge in [0.1, 0.15) is 5.75 Å². The number of hydrogen-bond donors (Lipinski definition) is 2. The average Bonchev–Trinajstić information content (AvgIpc) is 3.01. The van der Waals surface area contributed by atoms with Crippen molar-refractivity contribution in [2.75, 3.05) is 7.11 Å². The molecular weight excluding hydrogens is 378 g/mol. The summed E-state index contributed by atoms with van der Waals surface area (Å²) in [6.07, 6.45) is 1.40. The molecule has 0 saturated carbocycles. The number of aromatic amines is 1. The van der Waals surface area contributed by atoms with Gasteiger partial charge in [0, 0.05) is 11.1 Å². The predicted octanol–water partition coefficient (Wildman–Crippen LogP) is 3.81. The van der Waals surface area contributed by atoms with Gasteiger partial charge in [0.2, 0.25) is 4.77 Å². The van der Waals surface area contributed by atoms with E-state index >= 15 is 0 Å². The molecule has 0 unspecified atom stereocenters. The molecule has 1 heterocycles. The van der Waals surface area contributed by atoms with Gasteiger partial charge < -0.3 is 14.6 Å². The van der Waals surface area contributed by atoms with Crippen LogP contribution in [0, 0.1) is 4.77 Å². The number of para-hydroxylation sites is 1. The molecule has 0 atom stereocenters. The molecule has 0 bridgehead atoms. The minimum Gasteiger partial charge on any atom is -0.504 e. The molecule has 0 spiro atoms. The number of nitrogens with one attached hydrogen (secondary N) is 1. The Bertz CT molecular complexity index is 1020. The SMILES string of the molecule is COc1cccc(/C=N/n2c(-c3ccc(OC(F)F)cc3)n[nH]c2=S)c1O. The number of hydrogen-bond acceptors (Lipinski definition) is 6. The summed E-state index contributed by atoms with van der Waals surface area (Å²) in [5.41, 5.74) is 1.00. The highest BCUT2D eigenvalue weighted by Crippen LogP contribution is 2.28. The molecule has 2 N–H and O–H groups in total. The van der Waals surface area contributed by atoms with E-state index in [1.807, 2.05) is 0 Å². The van der Waals surface area contributed by atoms with Crippen LogP contribution in [-0.4, -0.2) is 39.9 Å². The van der Waals surface area contributed by atoms with Crippen LogP contribution in [0.1, 0.15) is 5.56 Å². The van der Waals surface area contributed by atoms with Gasteiger partial charge in [-0.3, -0.25) is 0 Å². The number of alkyl halides is 2. The summed E-state index contributed by atoms with van der Waals surface area (Å²) in [4.78, 5) is 0. The Labute approximate surface area is 157 Å². The van der Waals surface area contributed by atoms with E-state index in [4.69, 9.17) is 17.0 Å². The largest absolute Gasteiger partial charge is 0.504 e. The summed E-state index contributed by atoms with van der Waals surface area (Å²) in [6, 6.07) is 10.9. The van der Waals surface area contributed by atoms with Crippen LogP contribution in [0.3, 0.4) is 0 Å². The summed E-state index contributed by atoms with van der Waals surface area (Å²) in [5.74, 6) is 0.639. The van der Waals surface area contributed by atoms with Gasteiger partial charge in [-0.25, -0.2) is 5.10 Å². The predicted molar refractivity (Wildman–Crippen MR) is 97.1 cm³/mol. The summed E-state index contributed by atoms with van der Waals surface area (Å²) in [6.45, 7) is -2.90. The maximum absolute atomic E-state index is 12.3. The highest BCUT2D eigenvalue weighted by Gasteiger charge is 2.11.